The monoisotopic (exact) mass is 476 g/mol. The molecule has 2 saturated heterocycles. The molecule has 1 amide bonds. The molecule has 0 bridgehead atoms. The number of aromatic nitrogens is 4. The molecule has 182 valence electrons. The normalized spacial score (nSPS) is 19.7. The minimum atomic E-state index is -0.479. The van der Waals surface area contributed by atoms with E-state index in [9.17, 15) is 9.59 Å². The van der Waals surface area contributed by atoms with Crippen molar-refractivity contribution in [3.8, 4) is 11.6 Å². The van der Waals surface area contributed by atoms with Gasteiger partial charge in [-0.1, -0.05) is 12.1 Å². The lowest BCUT2D eigenvalue weighted by atomic mass is 9.99. The first kappa shape index (κ1) is 22.8. The lowest BCUT2D eigenvalue weighted by Crippen LogP contribution is -2.49. The molecule has 4 heterocycles. The summed E-state index contributed by atoms with van der Waals surface area (Å²) in [6.07, 6.45) is 7.07. The highest BCUT2D eigenvalue weighted by atomic mass is 16.5. The van der Waals surface area contributed by atoms with Gasteiger partial charge in [0, 0.05) is 25.3 Å². The maximum Gasteiger partial charge on any atom is 0.345 e. The van der Waals surface area contributed by atoms with Gasteiger partial charge in [-0.05, 0) is 44.4 Å². The fourth-order valence-corrected chi connectivity index (χ4v) is 4.57. The number of piperidine rings is 1. The van der Waals surface area contributed by atoms with E-state index < -0.39 is 5.97 Å². The summed E-state index contributed by atoms with van der Waals surface area (Å²) in [7, 11) is 1.35. The Hall–Kier alpha value is -3.95. The first-order chi connectivity index (χ1) is 17.1. The summed E-state index contributed by atoms with van der Waals surface area (Å²) in [4.78, 5) is 36.0. The number of esters is 1. The molecule has 2 aromatic heterocycles. The second-order valence-electron chi connectivity index (χ2n) is 8.80. The van der Waals surface area contributed by atoms with Gasteiger partial charge < -0.3 is 19.3 Å². The molecule has 10 nitrogen and oxygen atoms in total. The third-order valence-electron chi connectivity index (χ3n) is 6.63. The van der Waals surface area contributed by atoms with Crippen LogP contribution in [-0.4, -0.2) is 75.6 Å². The van der Waals surface area contributed by atoms with Gasteiger partial charge in [-0.15, -0.1) is 0 Å². The number of hydrogen-bond donors (Lipinski definition) is 0. The van der Waals surface area contributed by atoms with Gasteiger partial charge in [-0.2, -0.15) is 15.0 Å². The van der Waals surface area contributed by atoms with Crippen molar-refractivity contribution in [2.24, 2.45) is 0 Å². The average molecular weight is 477 g/mol. The zero-order valence-corrected chi connectivity index (χ0v) is 19.8. The third-order valence-corrected chi connectivity index (χ3v) is 6.63. The van der Waals surface area contributed by atoms with Crippen LogP contribution in [0.1, 0.15) is 46.9 Å². The molecule has 2 aliphatic heterocycles. The Morgan fingerprint density at radius 2 is 1.77 bits per heavy atom. The van der Waals surface area contributed by atoms with Crippen LogP contribution in [0.5, 0.6) is 5.88 Å². The summed E-state index contributed by atoms with van der Waals surface area (Å²) >= 11 is 0. The maximum atomic E-state index is 13.6. The molecule has 0 radical (unpaired) electrons. The highest BCUT2D eigenvalue weighted by Gasteiger charge is 2.34. The molecule has 0 spiro atoms. The lowest BCUT2D eigenvalue weighted by Gasteiger charge is -2.38. The fourth-order valence-electron chi connectivity index (χ4n) is 4.57. The second-order valence-corrected chi connectivity index (χ2v) is 8.80. The second kappa shape index (κ2) is 9.73. The summed E-state index contributed by atoms with van der Waals surface area (Å²) in [6, 6.07) is 9.14. The average Bonchev–Trinajstić information content (AvgIpc) is 3.38. The molecule has 10 heteroatoms. The highest BCUT2D eigenvalue weighted by Crippen LogP contribution is 2.33. The van der Waals surface area contributed by atoms with E-state index in [0.717, 1.165) is 38.0 Å². The number of para-hydroxylation sites is 1. The quantitative estimate of drug-likeness (QED) is 0.501. The summed E-state index contributed by atoms with van der Waals surface area (Å²) in [5.74, 6) is -0.351. The van der Waals surface area contributed by atoms with Gasteiger partial charge in [0.25, 0.3) is 5.91 Å². The van der Waals surface area contributed by atoms with E-state index in [1.54, 1.807) is 24.7 Å². The van der Waals surface area contributed by atoms with Crippen molar-refractivity contribution < 1.29 is 19.1 Å². The third kappa shape index (κ3) is 4.43. The number of pyridine rings is 1. The first-order valence-corrected chi connectivity index (χ1v) is 11.8. The van der Waals surface area contributed by atoms with Crippen molar-refractivity contribution in [2.75, 3.05) is 31.6 Å². The molecule has 35 heavy (non-hydrogen) atoms. The Balaban J connectivity index is 1.39. The Kier molecular flexibility index (Phi) is 6.35. The molecule has 2 atom stereocenters. The molecule has 0 saturated carbocycles. The number of likely N-dealkylation sites (tertiary alicyclic amines) is 1. The number of anilines is 1. The lowest BCUT2D eigenvalue weighted by molar-refractivity contribution is 0.0359. The first-order valence-electron chi connectivity index (χ1n) is 11.8. The van der Waals surface area contributed by atoms with Crippen LogP contribution in [0.2, 0.25) is 0 Å². The molecular weight excluding hydrogens is 448 g/mol. The number of amides is 1. The SMILES string of the molecule is COC(=O)c1c(N2CCC2)ccnc1OC1CCC(C)N(C(=O)c2ccccc2-n2nccn2)C1. The predicted octanol–water partition coefficient (Wildman–Crippen LogP) is 2.73. The van der Waals surface area contributed by atoms with Crippen molar-refractivity contribution in [2.45, 2.75) is 38.3 Å². The van der Waals surface area contributed by atoms with E-state index in [0.29, 0.717) is 23.4 Å². The van der Waals surface area contributed by atoms with Crippen LogP contribution in [0.4, 0.5) is 5.69 Å². The smallest absolute Gasteiger partial charge is 0.345 e. The van der Waals surface area contributed by atoms with E-state index in [4.69, 9.17) is 9.47 Å². The van der Waals surface area contributed by atoms with Crippen molar-refractivity contribution in [1.29, 1.82) is 0 Å². The van der Waals surface area contributed by atoms with Crippen molar-refractivity contribution in [3.63, 3.8) is 0 Å². The van der Waals surface area contributed by atoms with Crippen LogP contribution in [-0.2, 0) is 4.74 Å². The molecular formula is C25H28N6O4. The zero-order valence-electron chi connectivity index (χ0n) is 19.8. The number of carbonyl (C=O) groups excluding carboxylic acids is 2. The minimum Gasteiger partial charge on any atom is -0.472 e. The molecule has 0 N–H and O–H groups in total. The fraction of sp³-hybridized carbons (Fsp3) is 0.400. The molecule has 5 rings (SSSR count). The Morgan fingerprint density at radius 1 is 1.00 bits per heavy atom. The van der Waals surface area contributed by atoms with Crippen LogP contribution in [0, 0.1) is 0 Å². The minimum absolute atomic E-state index is 0.0291. The molecule has 3 aromatic rings. The van der Waals surface area contributed by atoms with Gasteiger partial charge >= 0.3 is 5.97 Å². The molecule has 2 fully saturated rings. The van der Waals surface area contributed by atoms with Gasteiger partial charge in [-0.3, -0.25) is 4.79 Å². The summed E-state index contributed by atoms with van der Waals surface area (Å²) in [5.41, 5.74) is 2.24. The Morgan fingerprint density at radius 3 is 2.49 bits per heavy atom. The summed E-state index contributed by atoms with van der Waals surface area (Å²) in [6.45, 7) is 4.16. The molecule has 2 aliphatic rings. The van der Waals surface area contributed by atoms with Crippen LogP contribution in [0.25, 0.3) is 5.69 Å². The van der Waals surface area contributed by atoms with Gasteiger partial charge in [0.15, 0.2) is 0 Å². The van der Waals surface area contributed by atoms with E-state index in [-0.39, 0.29) is 23.9 Å². The largest absolute Gasteiger partial charge is 0.472 e. The van der Waals surface area contributed by atoms with Crippen LogP contribution < -0.4 is 9.64 Å². The van der Waals surface area contributed by atoms with Crippen LogP contribution in [0.15, 0.2) is 48.9 Å². The van der Waals surface area contributed by atoms with Crippen LogP contribution >= 0.6 is 0 Å². The number of benzene rings is 1. The van der Waals surface area contributed by atoms with Crippen LogP contribution in [0.3, 0.4) is 0 Å². The number of methoxy groups -OCH3 is 1. The van der Waals surface area contributed by atoms with Gasteiger partial charge in [-0.25, -0.2) is 9.78 Å². The summed E-state index contributed by atoms with van der Waals surface area (Å²) < 4.78 is 11.3. The Bertz CT molecular complexity index is 1210. The van der Waals surface area contributed by atoms with Crippen molar-refractivity contribution in [3.05, 3.63) is 60.0 Å². The van der Waals surface area contributed by atoms with Gasteiger partial charge in [0.05, 0.1) is 43.0 Å². The standard InChI is InChI=1S/C25H28N6O4/c1-17-8-9-18(35-23-22(25(33)34-2)21(10-11-26-23)29-14-5-15-29)16-30(17)24(32)19-6-3-4-7-20(19)31-27-12-13-28-31/h3-4,6-7,10-13,17-18H,5,8-9,14-16H2,1-2H3. The number of rotatable bonds is 6. The summed E-state index contributed by atoms with van der Waals surface area (Å²) in [5, 5.41) is 8.37. The molecule has 1 aromatic carbocycles. The maximum absolute atomic E-state index is 13.6. The predicted molar refractivity (Wildman–Crippen MR) is 128 cm³/mol. The highest BCUT2D eigenvalue weighted by molar-refractivity contribution is 5.99. The topological polar surface area (TPSA) is 103 Å². The van der Waals surface area contributed by atoms with E-state index >= 15 is 0 Å². The van der Waals surface area contributed by atoms with Crippen molar-refractivity contribution in [1.82, 2.24) is 24.9 Å². The van der Waals surface area contributed by atoms with E-state index in [2.05, 4.69) is 20.1 Å². The van der Waals surface area contributed by atoms with Gasteiger partial charge in [0.2, 0.25) is 5.88 Å². The number of nitrogens with zero attached hydrogens (tertiary/aromatic N) is 6. The number of hydrogen-bond acceptors (Lipinski definition) is 8. The van der Waals surface area contributed by atoms with E-state index in [1.165, 1.54) is 11.9 Å². The number of carbonyl (C=O) groups is 2. The van der Waals surface area contributed by atoms with Crippen molar-refractivity contribution >= 4 is 17.6 Å². The number of ether oxygens (including phenoxy) is 2. The van der Waals surface area contributed by atoms with Gasteiger partial charge in [0.1, 0.15) is 11.7 Å². The zero-order chi connectivity index (χ0) is 24.4. The molecule has 2 unspecified atom stereocenters. The van der Waals surface area contributed by atoms with E-state index in [1.807, 2.05) is 36.1 Å². The Labute approximate surface area is 203 Å². The molecule has 0 aliphatic carbocycles.